The number of esters is 1. The number of nitrogens with one attached hydrogen (secondary N) is 6. The minimum atomic E-state index is -2.02. The van der Waals surface area contributed by atoms with E-state index in [0.29, 0.717) is 63.3 Å². The largest absolute Gasteiger partial charge is 0.458 e. The van der Waals surface area contributed by atoms with Crippen molar-refractivity contribution in [2.24, 2.45) is 0 Å². The van der Waals surface area contributed by atoms with Crippen LogP contribution >= 0.6 is 11.6 Å². The molecule has 0 fully saturated rings. The molecular weight excluding hydrogens is 970 g/mol. The molecule has 7 N–H and O–H groups in total. The minimum absolute atomic E-state index is 0.0193. The Morgan fingerprint density at radius 1 is 0.836 bits per heavy atom. The maximum atomic E-state index is 13.8. The van der Waals surface area contributed by atoms with Crippen molar-refractivity contribution in [1.82, 2.24) is 46.4 Å². The number of unbranched alkanes of at least 4 members (excludes halogenated alkanes) is 2. The first-order valence-corrected chi connectivity index (χ1v) is 23.9. The van der Waals surface area contributed by atoms with Crippen LogP contribution in [0, 0.1) is 6.92 Å². The molecule has 0 saturated heterocycles. The monoisotopic (exact) mass is 1020 g/mol. The van der Waals surface area contributed by atoms with Gasteiger partial charge in [0.2, 0.25) is 35.4 Å². The molecule has 8 amide bonds. The molecule has 0 aliphatic carbocycles. The van der Waals surface area contributed by atoms with Gasteiger partial charge >= 0.3 is 5.97 Å². The molecule has 23 heteroatoms. The number of imide groups is 1. The topological polar surface area (TPSA) is 303 Å². The Balaban J connectivity index is 0.855. The third-order valence-electron chi connectivity index (χ3n) is 12.6. The molecule has 0 saturated carbocycles. The lowest BCUT2D eigenvalue weighted by atomic mass is 9.86. The van der Waals surface area contributed by atoms with Crippen molar-refractivity contribution in [2.45, 2.75) is 83.7 Å². The fourth-order valence-electron chi connectivity index (χ4n) is 8.56. The first-order valence-electron chi connectivity index (χ1n) is 23.5. The van der Waals surface area contributed by atoms with E-state index in [4.69, 9.17) is 26.1 Å². The number of carbonyl (C=O) groups excluding carboxylic acids is 9. The third-order valence-corrected chi connectivity index (χ3v) is 13.0. The van der Waals surface area contributed by atoms with E-state index in [0.717, 1.165) is 10.5 Å². The van der Waals surface area contributed by atoms with Crippen LogP contribution < -0.4 is 37.5 Å². The van der Waals surface area contributed by atoms with Crippen LogP contribution in [0.1, 0.15) is 72.4 Å². The number of fused-ring (bicyclic) bond motifs is 5. The van der Waals surface area contributed by atoms with Gasteiger partial charge < -0.3 is 51.0 Å². The molecule has 0 radical (unpaired) electrons. The number of halogens is 1. The number of aryl methyl sites for hydroxylation is 1. The molecule has 2 aromatic carbocycles. The van der Waals surface area contributed by atoms with E-state index in [-0.39, 0.29) is 68.4 Å². The summed E-state index contributed by atoms with van der Waals surface area (Å²) < 4.78 is 12.1. The van der Waals surface area contributed by atoms with Gasteiger partial charge in [-0.2, -0.15) is 0 Å². The highest BCUT2D eigenvalue weighted by Crippen LogP contribution is 2.41. The van der Waals surface area contributed by atoms with Gasteiger partial charge in [-0.3, -0.25) is 48.1 Å². The van der Waals surface area contributed by atoms with Gasteiger partial charge in [-0.15, -0.1) is 0 Å². The van der Waals surface area contributed by atoms with Crippen molar-refractivity contribution in [1.29, 1.82) is 0 Å². The molecule has 0 unspecified atom stereocenters. The van der Waals surface area contributed by atoms with E-state index in [1.165, 1.54) is 16.7 Å². The molecule has 0 spiro atoms. The first kappa shape index (κ1) is 53.0. The Bertz CT molecular complexity index is 2960. The standard InChI is InChI=1S/C50H54ClN9O13/c1-3-50(71)34-18-38-46-32(24-60(38)48(69)33(34)25-73-49(50)70)31(30-16-28(2)35(51)19-36(30)58-46)20-52-43(65)26-72-27-56-41(63)22-55-47(68)37(17-29-10-6-4-7-11-29)57-42(64)23-54-40(62)21-53-39(61)12-8-5-9-15-59-44(66)13-14-45(59)67/h4,6-7,10-11,13-14,16,18-19,37,71H,3,5,8-9,12,15,17,20-27H2,1-2H3,(H,52,65)(H,53,61)(H,54,62)(H,55,68)(H,56,63)(H,57,64)/t37-,50-/m0/s1. The first-order chi connectivity index (χ1) is 35.0. The quantitative estimate of drug-likeness (QED) is 0.0201. The summed E-state index contributed by atoms with van der Waals surface area (Å²) >= 11 is 6.50. The summed E-state index contributed by atoms with van der Waals surface area (Å²) in [5, 5.41) is 27.6. The fraction of sp³-hybridized carbons (Fsp3) is 0.380. The lowest BCUT2D eigenvalue weighted by Gasteiger charge is -2.31. The second-order valence-corrected chi connectivity index (χ2v) is 18.0. The maximum absolute atomic E-state index is 13.8. The molecule has 2 atom stereocenters. The molecule has 4 aromatic rings. The van der Waals surface area contributed by atoms with E-state index in [9.17, 15) is 53.1 Å². The summed E-state index contributed by atoms with van der Waals surface area (Å²) in [6, 6.07) is 12.7. The van der Waals surface area contributed by atoms with Crippen molar-refractivity contribution >= 4 is 75.7 Å². The van der Waals surface area contributed by atoms with Gasteiger partial charge in [0.15, 0.2) is 5.60 Å². The Labute approximate surface area is 422 Å². The summed E-state index contributed by atoms with van der Waals surface area (Å²) in [7, 11) is 0. The summed E-state index contributed by atoms with van der Waals surface area (Å²) in [4.78, 5) is 132. The van der Waals surface area contributed by atoms with E-state index in [1.807, 2.05) is 13.0 Å². The Kier molecular flexibility index (Phi) is 17.1. The number of ether oxygens (including phenoxy) is 2. The van der Waals surface area contributed by atoms with Gasteiger partial charge in [0, 0.05) is 59.6 Å². The Morgan fingerprint density at radius 2 is 1.53 bits per heavy atom. The number of nitrogens with zero attached hydrogens (tertiary/aromatic N) is 3. The summed E-state index contributed by atoms with van der Waals surface area (Å²) in [6.45, 7) is 1.16. The second kappa shape index (κ2) is 23.6. The molecule has 3 aliphatic rings. The smallest absolute Gasteiger partial charge is 0.343 e. The van der Waals surface area contributed by atoms with Crippen LogP contribution in [-0.2, 0) is 84.3 Å². The molecule has 5 heterocycles. The van der Waals surface area contributed by atoms with Gasteiger partial charge in [0.1, 0.15) is 26.0 Å². The molecule has 3 aliphatic heterocycles. The number of hydrogen-bond donors (Lipinski definition) is 7. The van der Waals surface area contributed by atoms with E-state index < -0.39 is 91.6 Å². The molecule has 7 rings (SSSR count). The molecule has 73 heavy (non-hydrogen) atoms. The van der Waals surface area contributed by atoms with Crippen LogP contribution in [0.4, 0.5) is 0 Å². The summed E-state index contributed by atoms with van der Waals surface area (Å²) in [5.74, 6) is -5.26. The second-order valence-electron chi connectivity index (χ2n) is 17.6. The van der Waals surface area contributed by atoms with Crippen LogP contribution in [0.25, 0.3) is 22.3 Å². The molecule has 384 valence electrons. The van der Waals surface area contributed by atoms with Crippen LogP contribution in [0.15, 0.2) is 65.5 Å². The number of aliphatic hydroxyl groups is 1. The van der Waals surface area contributed by atoms with Gasteiger partial charge in [-0.25, -0.2) is 9.78 Å². The average molecular weight is 1020 g/mol. The highest BCUT2D eigenvalue weighted by Gasteiger charge is 2.45. The Morgan fingerprint density at radius 3 is 2.27 bits per heavy atom. The number of hydrogen-bond acceptors (Lipinski definition) is 14. The van der Waals surface area contributed by atoms with E-state index >= 15 is 0 Å². The van der Waals surface area contributed by atoms with Crippen LogP contribution in [0.3, 0.4) is 0 Å². The van der Waals surface area contributed by atoms with E-state index in [2.05, 4.69) is 31.9 Å². The third kappa shape index (κ3) is 12.6. The van der Waals surface area contributed by atoms with E-state index in [1.54, 1.807) is 49.4 Å². The van der Waals surface area contributed by atoms with Crippen LogP contribution in [-0.4, -0.2) is 118 Å². The normalized spacial score (nSPS) is 15.7. The van der Waals surface area contributed by atoms with Crippen molar-refractivity contribution in [2.75, 3.05) is 39.5 Å². The highest BCUT2D eigenvalue weighted by molar-refractivity contribution is 6.32. The molecule has 22 nitrogen and oxygen atoms in total. The molecular formula is C50H54ClN9O13. The van der Waals surface area contributed by atoms with Gasteiger partial charge in [-0.1, -0.05) is 55.3 Å². The highest BCUT2D eigenvalue weighted by atomic mass is 35.5. The minimum Gasteiger partial charge on any atom is -0.458 e. The summed E-state index contributed by atoms with van der Waals surface area (Å²) in [5.41, 5.74) is 1.89. The zero-order valence-corrected chi connectivity index (χ0v) is 40.8. The van der Waals surface area contributed by atoms with Crippen molar-refractivity contribution < 1.29 is 57.7 Å². The number of amides is 8. The number of cyclic esters (lactones) is 1. The fourth-order valence-corrected chi connectivity index (χ4v) is 8.71. The van der Waals surface area contributed by atoms with Gasteiger partial charge in [-0.05, 0) is 61.1 Å². The predicted molar refractivity (Wildman–Crippen MR) is 261 cm³/mol. The van der Waals surface area contributed by atoms with Crippen molar-refractivity contribution in [3.05, 3.63) is 109 Å². The number of carbonyl (C=O) groups is 9. The Hall–Kier alpha value is -7.82. The SMILES string of the molecule is CC[C@@]1(O)C(=O)OCc2c1cc1n(c2=O)Cc2c-1nc1cc(Cl)c(C)cc1c2CNC(=O)COCNC(=O)CNC(=O)[C@H](Cc1ccccc1)NC(=O)CNC(=O)CNC(=O)CCCCCN1C(=O)C=CC1=O. The van der Waals surface area contributed by atoms with Gasteiger partial charge in [0.05, 0.1) is 48.6 Å². The molecule has 0 bridgehead atoms. The molecule has 2 aromatic heterocycles. The number of aromatic nitrogens is 2. The lowest BCUT2D eigenvalue weighted by Crippen LogP contribution is -2.52. The lowest BCUT2D eigenvalue weighted by molar-refractivity contribution is -0.172. The number of benzene rings is 2. The van der Waals surface area contributed by atoms with Crippen molar-refractivity contribution in [3.8, 4) is 11.4 Å². The van der Waals surface area contributed by atoms with Gasteiger partial charge in [0.25, 0.3) is 17.4 Å². The summed E-state index contributed by atoms with van der Waals surface area (Å²) in [6.07, 6.45) is 4.11. The van der Waals surface area contributed by atoms with Crippen LogP contribution in [0.5, 0.6) is 0 Å². The number of rotatable bonds is 23. The van der Waals surface area contributed by atoms with Crippen molar-refractivity contribution in [3.63, 3.8) is 0 Å². The maximum Gasteiger partial charge on any atom is 0.343 e. The average Bonchev–Trinajstić information content (AvgIpc) is 3.91. The number of pyridine rings is 2. The zero-order chi connectivity index (χ0) is 52.4. The van der Waals surface area contributed by atoms with Crippen LogP contribution in [0.2, 0.25) is 5.02 Å². The zero-order valence-electron chi connectivity index (χ0n) is 40.0. The predicted octanol–water partition coefficient (Wildman–Crippen LogP) is 0.309.